The number of terminal acetylenes is 1. The summed E-state index contributed by atoms with van der Waals surface area (Å²) in [6.45, 7) is 6.73. The third-order valence-corrected chi connectivity index (χ3v) is 3.13. The lowest BCUT2D eigenvalue weighted by Gasteiger charge is -2.12. The Labute approximate surface area is 162 Å². The molecule has 24 heavy (non-hydrogen) atoms. The number of unbranched alkanes of at least 4 members (excludes halogenated alkanes) is 1. The normalized spacial score (nSPS) is 10.3. The van der Waals surface area contributed by atoms with E-state index in [4.69, 9.17) is 15.9 Å². The Morgan fingerprint density at radius 2 is 2.04 bits per heavy atom. The molecular formula is C18H28IN3O2. The summed E-state index contributed by atoms with van der Waals surface area (Å²) in [7, 11) is 1.61. The Kier molecular flexibility index (Phi) is 12.9. The summed E-state index contributed by atoms with van der Waals surface area (Å²) in [5.41, 5.74) is 1.03. The molecule has 1 rings (SSSR count). The van der Waals surface area contributed by atoms with Crippen molar-refractivity contribution in [1.82, 2.24) is 10.6 Å². The van der Waals surface area contributed by atoms with Gasteiger partial charge in [0.2, 0.25) is 0 Å². The van der Waals surface area contributed by atoms with Gasteiger partial charge in [-0.15, -0.1) is 30.4 Å². The van der Waals surface area contributed by atoms with E-state index in [2.05, 4.69) is 35.4 Å². The summed E-state index contributed by atoms with van der Waals surface area (Å²) in [6, 6.07) is 5.75. The quantitative estimate of drug-likeness (QED) is 0.202. The lowest BCUT2D eigenvalue weighted by molar-refractivity contribution is 0.330. The van der Waals surface area contributed by atoms with Gasteiger partial charge in [-0.1, -0.05) is 25.3 Å². The first-order valence-electron chi connectivity index (χ1n) is 8.00. The second kappa shape index (κ2) is 13.8. The molecule has 0 aromatic heterocycles. The van der Waals surface area contributed by atoms with Gasteiger partial charge in [-0.25, -0.2) is 4.99 Å². The van der Waals surface area contributed by atoms with Crippen molar-refractivity contribution in [1.29, 1.82) is 0 Å². The number of methoxy groups -OCH3 is 1. The number of benzene rings is 1. The van der Waals surface area contributed by atoms with Crippen LogP contribution in [0.4, 0.5) is 0 Å². The van der Waals surface area contributed by atoms with Crippen molar-refractivity contribution in [3.05, 3.63) is 23.8 Å². The third-order valence-electron chi connectivity index (χ3n) is 3.13. The van der Waals surface area contributed by atoms with Crippen LogP contribution in [0.5, 0.6) is 11.5 Å². The molecule has 0 aliphatic heterocycles. The number of rotatable bonds is 9. The Balaban J connectivity index is 0.00000529. The molecule has 1 aromatic carbocycles. The molecule has 134 valence electrons. The third kappa shape index (κ3) is 8.29. The summed E-state index contributed by atoms with van der Waals surface area (Å²) in [5, 5.41) is 6.56. The Morgan fingerprint density at radius 3 is 2.67 bits per heavy atom. The van der Waals surface area contributed by atoms with Gasteiger partial charge in [0, 0.05) is 13.1 Å². The molecule has 0 spiro atoms. The molecule has 0 saturated carbocycles. The minimum absolute atomic E-state index is 0. The maximum atomic E-state index is 5.51. The zero-order valence-corrected chi connectivity index (χ0v) is 17.1. The molecule has 0 radical (unpaired) electrons. The van der Waals surface area contributed by atoms with E-state index in [1.807, 2.05) is 18.2 Å². The number of ether oxygens (including phenoxy) is 2. The zero-order valence-electron chi connectivity index (χ0n) is 14.7. The first-order chi connectivity index (χ1) is 11.2. The summed E-state index contributed by atoms with van der Waals surface area (Å²) in [4.78, 5) is 4.59. The van der Waals surface area contributed by atoms with E-state index in [9.17, 15) is 0 Å². The van der Waals surface area contributed by atoms with Gasteiger partial charge in [0.25, 0.3) is 0 Å². The van der Waals surface area contributed by atoms with E-state index >= 15 is 0 Å². The average Bonchev–Trinajstić information content (AvgIpc) is 2.58. The summed E-state index contributed by atoms with van der Waals surface area (Å²) >= 11 is 0. The van der Waals surface area contributed by atoms with E-state index in [0.717, 1.165) is 37.5 Å². The molecule has 0 unspecified atom stereocenters. The van der Waals surface area contributed by atoms with Crippen LogP contribution in [-0.2, 0) is 6.54 Å². The highest BCUT2D eigenvalue weighted by molar-refractivity contribution is 14.0. The fraction of sp³-hybridized carbons (Fsp3) is 0.500. The lowest BCUT2D eigenvalue weighted by Crippen LogP contribution is -2.37. The standard InChI is InChI=1S/C18H27N3O2.HI/c1-5-8-11-20-18(19-7-3)21-14-15-9-10-16(22-4)17(13-15)23-12-6-2;/h2,9-10,13H,5,7-8,11-12,14H2,1,3-4H3,(H2,19,20,21);1H. The zero-order chi connectivity index (χ0) is 16.9. The first kappa shape index (κ1) is 22.4. The van der Waals surface area contributed by atoms with Gasteiger partial charge in [0.1, 0.15) is 6.61 Å². The van der Waals surface area contributed by atoms with Crippen LogP contribution in [0.1, 0.15) is 32.3 Å². The van der Waals surface area contributed by atoms with Gasteiger partial charge in [0.05, 0.1) is 13.7 Å². The number of nitrogens with zero attached hydrogens (tertiary/aromatic N) is 1. The lowest BCUT2D eigenvalue weighted by atomic mass is 10.2. The van der Waals surface area contributed by atoms with E-state index < -0.39 is 0 Å². The monoisotopic (exact) mass is 445 g/mol. The van der Waals surface area contributed by atoms with Crippen LogP contribution in [0.25, 0.3) is 0 Å². The van der Waals surface area contributed by atoms with Gasteiger partial charge < -0.3 is 20.1 Å². The number of halogens is 1. The van der Waals surface area contributed by atoms with Gasteiger partial charge in [-0.2, -0.15) is 0 Å². The maximum Gasteiger partial charge on any atom is 0.191 e. The highest BCUT2D eigenvalue weighted by atomic mass is 127. The smallest absolute Gasteiger partial charge is 0.191 e. The van der Waals surface area contributed by atoms with Crippen LogP contribution < -0.4 is 20.1 Å². The molecule has 0 amide bonds. The van der Waals surface area contributed by atoms with Gasteiger partial charge in [-0.05, 0) is 31.0 Å². The fourth-order valence-electron chi connectivity index (χ4n) is 1.95. The van der Waals surface area contributed by atoms with Gasteiger partial charge in [0.15, 0.2) is 17.5 Å². The Hall–Kier alpha value is -1.62. The molecule has 0 fully saturated rings. The topological polar surface area (TPSA) is 54.9 Å². The predicted molar refractivity (Wildman–Crippen MR) is 110 cm³/mol. The summed E-state index contributed by atoms with van der Waals surface area (Å²) in [6.07, 6.45) is 7.52. The van der Waals surface area contributed by atoms with E-state index in [1.54, 1.807) is 7.11 Å². The molecule has 2 N–H and O–H groups in total. The summed E-state index contributed by atoms with van der Waals surface area (Å²) in [5.74, 6) is 4.59. The number of nitrogens with one attached hydrogen (secondary N) is 2. The Morgan fingerprint density at radius 1 is 1.25 bits per heavy atom. The van der Waals surface area contributed by atoms with Crippen molar-refractivity contribution >= 4 is 29.9 Å². The molecule has 0 saturated heterocycles. The van der Waals surface area contributed by atoms with Crippen LogP contribution in [-0.4, -0.2) is 32.8 Å². The molecule has 0 aliphatic carbocycles. The maximum absolute atomic E-state index is 5.51. The van der Waals surface area contributed by atoms with Crippen LogP contribution in [0.15, 0.2) is 23.2 Å². The number of hydrogen-bond donors (Lipinski definition) is 2. The van der Waals surface area contributed by atoms with Gasteiger partial charge >= 0.3 is 0 Å². The van der Waals surface area contributed by atoms with Crippen LogP contribution >= 0.6 is 24.0 Å². The minimum atomic E-state index is 0. The van der Waals surface area contributed by atoms with E-state index in [-0.39, 0.29) is 30.6 Å². The highest BCUT2D eigenvalue weighted by Crippen LogP contribution is 2.28. The average molecular weight is 445 g/mol. The molecule has 1 aromatic rings. The Bertz CT molecular complexity index is 542. The molecular weight excluding hydrogens is 417 g/mol. The second-order valence-electron chi connectivity index (χ2n) is 4.95. The molecule has 0 bridgehead atoms. The highest BCUT2D eigenvalue weighted by Gasteiger charge is 2.05. The minimum Gasteiger partial charge on any atom is -0.493 e. The second-order valence-corrected chi connectivity index (χ2v) is 4.95. The van der Waals surface area contributed by atoms with Crippen LogP contribution in [0.3, 0.4) is 0 Å². The number of guanidine groups is 1. The van der Waals surface area contributed by atoms with E-state index in [0.29, 0.717) is 18.0 Å². The fourth-order valence-corrected chi connectivity index (χ4v) is 1.95. The first-order valence-corrected chi connectivity index (χ1v) is 8.00. The number of aliphatic imine (C=N–C) groups is 1. The largest absolute Gasteiger partial charge is 0.493 e. The predicted octanol–water partition coefficient (Wildman–Crippen LogP) is 3.18. The summed E-state index contributed by atoms with van der Waals surface area (Å²) < 4.78 is 10.8. The number of hydrogen-bond acceptors (Lipinski definition) is 3. The molecule has 0 heterocycles. The SMILES string of the molecule is C#CCOc1cc(CN=C(NCC)NCCCC)ccc1OC.I. The molecule has 6 heteroatoms. The van der Waals surface area contributed by atoms with Gasteiger partial charge in [-0.3, -0.25) is 0 Å². The van der Waals surface area contributed by atoms with Crippen LogP contribution in [0.2, 0.25) is 0 Å². The van der Waals surface area contributed by atoms with Crippen molar-refractivity contribution in [2.45, 2.75) is 33.2 Å². The van der Waals surface area contributed by atoms with Crippen molar-refractivity contribution in [2.75, 3.05) is 26.8 Å². The van der Waals surface area contributed by atoms with Crippen molar-refractivity contribution in [3.63, 3.8) is 0 Å². The van der Waals surface area contributed by atoms with Crippen molar-refractivity contribution in [2.24, 2.45) is 4.99 Å². The molecule has 0 aliphatic rings. The van der Waals surface area contributed by atoms with E-state index in [1.165, 1.54) is 0 Å². The van der Waals surface area contributed by atoms with Crippen molar-refractivity contribution < 1.29 is 9.47 Å². The molecule has 5 nitrogen and oxygen atoms in total. The molecule has 0 atom stereocenters. The van der Waals surface area contributed by atoms with Crippen molar-refractivity contribution in [3.8, 4) is 23.8 Å². The van der Waals surface area contributed by atoms with Crippen LogP contribution in [0, 0.1) is 12.3 Å².